The summed E-state index contributed by atoms with van der Waals surface area (Å²) in [6, 6.07) is 17.2. The zero-order chi connectivity index (χ0) is 17.4. The van der Waals surface area contributed by atoms with E-state index in [-0.39, 0.29) is 11.9 Å². The van der Waals surface area contributed by atoms with Crippen LogP contribution in [0.5, 0.6) is 5.75 Å². The molecule has 2 heterocycles. The molecule has 2 N–H and O–H groups in total. The van der Waals surface area contributed by atoms with E-state index in [0.29, 0.717) is 18.7 Å². The highest BCUT2D eigenvalue weighted by molar-refractivity contribution is 5.98. The number of H-pyrrole nitrogens is 1. The summed E-state index contributed by atoms with van der Waals surface area (Å²) in [7, 11) is 1.62. The van der Waals surface area contributed by atoms with Crippen molar-refractivity contribution in [1.29, 1.82) is 0 Å². The van der Waals surface area contributed by atoms with Crippen LogP contribution in [0, 0.1) is 0 Å². The molecule has 0 aliphatic carbocycles. The number of nitrogens with zero attached hydrogens (tertiary/aromatic N) is 1. The molecule has 1 aromatic heterocycles. The molecular formula is C20H20N2O3. The molecule has 4 rings (SSSR count). The van der Waals surface area contributed by atoms with E-state index in [9.17, 15) is 9.90 Å². The maximum atomic E-state index is 13.1. The molecule has 2 atom stereocenters. The second kappa shape index (κ2) is 6.26. The number of β-amino-alcohol motifs (C(OH)–C–C–N with tert-alkyl or cyclic N) is 1. The Kier molecular flexibility index (Phi) is 3.93. The predicted octanol–water partition coefficient (Wildman–Crippen LogP) is 3.12. The van der Waals surface area contributed by atoms with Crippen LogP contribution in [-0.4, -0.2) is 40.7 Å². The fourth-order valence-electron chi connectivity index (χ4n) is 3.55. The normalized spacial score (nSPS) is 20.2. The number of aliphatic hydroxyl groups is 1. The van der Waals surface area contributed by atoms with Gasteiger partial charge < -0.3 is 19.7 Å². The van der Waals surface area contributed by atoms with Gasteiger partial charge in [-0.2, -0.15) is 0 Å². The van der Waals surface area contributed by atoms with E-state index in [1.165, 1.54) is 0 Å². The molecule has 0 saturated carbocycles. The molecule has 3 aromatic rings. The van der Waals surface area contributed by atoms with E-state index in [2.05, 4.69) is 4.98 Å². The van der Waals surface area contributed by atoms with E-state index in [1.807, 2.05) is 54.6 Å². The second-order valence-corrected chi connectivity index (χ2v) is 6.41. The number of aliphatic hydroxyl groups excluding tert-OH is 1. The maximum absolute atomic E-state index is 13.1. The molecule has 1 amide bonds. The van der Waals surface area contributed by atoms with Gasteiger partial charge in [0.15, 0.2) is 0 Å². The van der Waals surface area contributed by atoms with Gasteiger partial charge in [-0.05, 0) is 36.2 Å². The SMILES string of the molecule is COc1cccc([C@@H]2C[C@H](O)CN2C(=O)c2cc3ccccc3[nH]2)c1. The summed E-state index contributed by atoms with van der Waals surface area (Å²) in [5.74, 6) is 0.650. The minimum Gasteiger partial charge on any atom is -0.497 e. The van der Waals surface area contributed by atoms with Crippen LogP contribution in [0.2, 0.25) is 0 Å². The Bertz CT molecular complexity index is 885. The molecule has 0 unspecified atom stereocenters. The zero-order valence-electron chi connectivity index (χ0n) is 14.0. The number of carbonyl (C=O) groups is 1. The van der Waals surface area contributed by atoms with Gasteiger partial charge in [-0.1, -0.05) is 30.3 Å². The van der Waals surface area contributed by atoms with E-state index in [1.54, 1.807) is 12.0 Å². The molecule has 1 fully saturated rings. The third-order valence-corrected chi connectivity index (χ3v) is 4.78. The summed E-state index contributed by atoms with van der Waals surface area (Å²) in [5, 5.41) is 11.2. The number of methoxy groups -OCH3 is 1. The number of likely N-dealkylation sites (tertiary alicyclic amines) is 1. The monoisotopic (exact) mass is 336 g/mol. The highest BCUT2D eigenvalue weighted by atomic mass is 16.5. The Labute approximate surface area is 145 Å². The molecule has 5 heteroatoms. The summed E-state index contributed by atoms with van der Waals surface area (Å²) in [6.45, 7) is 0.329. The first kappa shape index (κ1) is 15.7. The minimum absolute atomic E-state index is 0.0967. The summed E-state index contributed by atoms with van der Waals surface area (Å²) < 4.78 is 5.29. The van der Waals surface area contributed by atoms with Crippen LogP contribution >= 0.6 is 0 Å². The lowest BCUT2D eigenvalue weighted by molar-refractivity contribution is 0.0710. The lowest BCUT2D eigenvalue weighted by atomic mass is 10.0. The van der Waals surface area contributed by atoms with Crippen LogP contribution in [0.1, 0.15) is 28.5 Å². The van der Waals surface area contributed by atoms with E-state index in [4.69, 9.17) is 4.74 Å². The van der Waals surface area contributed by atoms with Gasteiger partial charge in [-0.15, -0.1) is 0 Å². The number of rotatable bonds is 3. The molecule has 0 bridgehead atoms. The number of aromatic nitrogens is 1. The summed E-state index contributed by atoms with van der Waals surface area (Å²) in [4.78, 5) is 18.0. The van der Waals surface area contributed by atoms with Crippen LogP contribution in [0.15, 0.2) is 54.6 Å². The van der Waals surface area contributed by atoms with Crippen LogP contribution < -0.4 is 4.74 Å². The number of amides is 1. The summed E-state index contributed by atoms with van der Waals surface area (Å²) in [6.07, 6.45) is 0.00334. The van der Waals surface area contributed by atoms with E-state index in [0.717, 1.165) is 22.2 Å². The van der Waals surface area contributed by atoms with Gasteiger partial charge in [0, 0.05) is 17.4 Å². The van der Waals surface area contributed by atoms with Crippen LogP contribution in [0.25, 0.3) is 10.9 Å². The molecule has 1 aliphatic rings. The summed E-state index contributed by atoms with van der Waals surface area (Å²) >= 11 is 0. The van der Waals surface area contributed by atoms with Gasteiger partial charge in [0.05, 0.1) is 19.3 Å². The largest absolute Gasteiger partial charge is 0.497 e. The van der Waals surface area contributed by atoms with Gasteiger partial charge in [-0.25, -0.2) is 0 Å². The third kappa shape index (κ3) is 2.87. The minimum atomic E-state index is -0.524. The third-order valence-electron chi connectivity index (χ3n) is 4.78. The molecule has 25 heavy (non-hydrogen) atoms. The fourth-order valence-corrected chi connectivity index (χ4v) is 3.55. The topological polar surface area (TPSA) is 65.6 Å². The van der Waals surface area contributed by atoms with Crippen molar-refractivity contribution < 1.29 is 14.6 Å². The molecule has 128 valence electrons. The maximum Gasteiger partial charge on any atom is 0.270 e. The first-order valence-electron chi connectivity index (χ1n) is 8.36. The van der Waals surface area contributed by atoms with Crippen molar-refractivity contribution in [3.8, 4) is 5.75 Å². The smallest absolute Gasteiger partial charge is 0.270 e. The highest BCUT2D eigenvalue weighted by Gasteiger charge is 2.36. The molecule has 2 aromatic carbocycles. The Morgan fingerprint density at radius 3 is 2.84 bits per heavy atom. The molecule has 0 spiro atoms. The van der Waals surface area contributed by atoms with Gasteiger partial charge in [0.1, 0.15) is 11.4 Å². The molecule has 1 aliphatic heterocycles. The van der Waals surface area contributed by atoms with E-state index < -0.39 is 6.10 Å². The Hall–Kier alpha value is -2.79. The molecule has 1 saturated heterocycles. The molecular weight excluding hydrogens is 316 g/mol. The van der Waals surface area contributed by atoms with Crippen molar-refractivity contribution in [3.05, 3.63) is 65.9 Å². The Morgan fingerprint density at radius 1 is 1.20 bits per heavy atom. The Balaban J connectivity index is 1.67. The van der Waals surface area contributed by atoms with Crippen molar-refractivity contribution in [2.75, 3.05) is 13.7 Å². The number of benzene rings is 2. The number of aromatic amines is 1. The van der Waals surface area contributed by atoms with Gasteiger partial charge in [-0.3, -0.25) is 4.79 Å². The average Bonchev–Trinajstić information content (AvgIpc) is 3.24. The zero-order valence-corrected chi connectivity index (χ0v) is 14.0. The van der Waals surface area contributed by atoms with Crippen LogP contribution in [-0.2, 0) is 0 Å². The summed E-state index contributed by atoms with van der Waals surface area (Å²) in [5.41, 5.74) is 2.45. The quantitative estimate of drug-likeness (QED) is 0.772. The predicted molar refractivity (Wildman–Crippen MR) is 95.7 cm³/mol. The van der Waals surface area contributed by atoms with Gasteiger partial charge in [0.25, 0.3) is 5.91 Å². The number of carbonyl (C=O) groups excluding carboxylic acids is 1. The number of fused-ring (bicyclic) bond motifs is 1. The van der Waals surface area contributed by atoms with Gasteiger partial charge >= 0.3 is 0 Å². The van der Waals surface area contributed by atoms with Gasteiger partial charge in [0.2, 0.25) is 0 Å². The first-order valence-corrected chi connectivity index (χ1v) is 8.36. The van der Waals surface area contributed by atoms with Crippen molar-refractivity contribution >= 4 is 16.8 Å². The average molecular weight is 336 g/mol. The standard InChI is InChI=1S/C20H20N2O3/c1-25-16-7-4-6-14(9-16)19-11-15(23)12-22(19)20(24)18-10-13-5-2-3-8-17(13)21-18/h2-10,15,19,21,23H,11-12H2,1H3/t15-,19-/m0/s1. The number of hydrogen-bond acceptors (Lipinski definition) is 3. The lowest BCUT2D eigenvalue weighted by Crippen LogP contribution is -2.32. The van der Waals surface area contributed by atoms with Crippen molar-refractivity contribution in [2.24, 2.45) is 0 Å². The first-order chi connectivity index (χ1) is 12.2. The Morgan fingerprint density at radius 2 is 2.04 bits per heavy atom. The number of ether oxygens (including phenoxy) is 1. The lowest BCUT2D eigenvalue weighted by Gasteiger charge is -2.24. The second-order valence-electron chi connectivity index (χ2n) is 6.41. The van der Waals surface area contributed by atoms with Crippen LogP contribution in [0.4, 0.5) is 0 Å². The van der Waals surface area contributed by atoms with Crippen molar-refractivity contribution in [3.63, 3.8) is 0 Å². The van der Waals surface area contributed by atoms with E-state index >= 15 is 0 Å². The van der Waals surface area contributed by atoms with Crippen LogP contribution in [0.3, 0.4) is 0 Å². The fraction of sp³-hybridized carbons (Fsp3) is 0.250. The van der Waals surface area contributed by atoms with Crippen molar-refractivity contribution in [1.82, 2.24) is 9.88 Å². The number of hydrogen-bond donors (Lipinski definition) is 2. The van der Waals surface area contributed by atoms with Crippen molar-refractivity contribution in [2.45, 2.75) is 18.6 Å². The number of para-hydroxylation sites is 1. The molecule has 5 nitrogen and oxygen atoms in total. The highest BCUT2D eigenvalue weighted by Crippen LogP contribution is 2.35. The number of nitrogens with one attached hydrogen (secondary N) is 1. The molecule has 0 radical (unpaired) electrons.